The van der Waals surface area contributed by atoms with E-state index in [1.807, 2.05) is 0 Å². The van der Waals surface area contributed by atoms with Crippen molar-refractivity contribution in [2.45, 2.75) is 18.9 Å². The Morgan fingerprint density at radius 3 is 3.00 bits per heavy atom. The number of nitrogens with one attached hydrogen (secondary N) is 2. The third kappa shape index (κ3) is 2.50. The van der Waals surface area contributed by atoms with Gasteiger partial charge >= 0.3 is 0 Å². The lowest BCUT2D eigenvalue weighted by molar-refractivity contribution is -0.121. The summed E-state index contributed by atoms with van der Waals surface area (Å²) in [5.41, 5.74) is 5.08. The van der Waals surface area contributed by atoms with E-state index >= 15 is 0 Å². The van der Waals surface area contributed by atoms with Crippen LogP contribution in [0.25, 0.3) is 0 Å². The van der Waals surface area contributed by atoms with E-state index in [1.165, 1.54) is 0 Å². The molecule has 1 unspecified atom stereocenters. The van der Waals surface area contributed by atoms with Gasteiger partial charge in [0, 0.05) is 19.0 Å². The molecule has 5 heteroatoms. The number of rotatable bonds is 3. The molecular formula is C7H13N3O2. The van der Waals surface area contributed by atoms with Gasteiger partial charge in [-0.05, 0) is 6.42 Å². The Labute approximate surface area is 70.7 Å². The standard InChI is InChI=1S/C7H13N3O2/c8-3-7(12)9-4-5-1-2-6(11)10-5/h5H,1-4,8H2,(H,9,12)(H,10,11). The summed E-state index contributed by atoms with van der Waals surface area (Å²) in [6.07, 6.45) is 1.35. The Balaban J connectivity index is 2.16. The van der Waals surface area contributed by atoms with Crippen molar-refractivity contribution in [1.29, 1.82) is 0 Å². The quantitative estimate of drug-likeness (QED) is 0.475. The summed E-state index contributed by atoms with van der Waals surface area (Å²) >= 11 is 0. The van der Waals surface area contributed by atoms with E-state index in [0.717, 1.165) is 6.42 Å². The normalized spacial score (nSPS) is 22.1. The zero-order valence-electron chi connectivity index (χ0n) is 6.80. The van der Waals surface area contributed by atoms with Crippen LogP contribution in [-0.4, -0.2) is 30.9 Å². The van der Waals surface area contributed by atoms with Crippen LogP contribution in [0, 0.1) is 0 Å². The summed E-state index contributed by atoms with van der Waals surface area (Å²) in [6.45, 7) is 0.489. The molecule has 1 fully saturated rings. The molecule has 4 N–H and O–H groups in total. The first kappa shape index (κ1) is 8.99. The average Bonchev–Trinajstić information content (AvgIpc) is 2.47. The molecule has 0 aromatic rings. The minimum atomic E-state index is -0.184. The summed E-state index contributed by atoms with van der Waals surface area (Å²) in [5, 5.41) is 5.35. The van der Waals surface area contributed by atoms with Crippen LogP contribution in [0.4, 0.5) is 0 Å². The molecule has 1 rings (SSSR count). The van der Waals surface area contributed by atoms with E-state index < -0.39 is 0 Å². The van der Waals surface area contributed by atoms with Crippen molar-refractivity contribution in [2.75, 3.05) is 13.1 Å². The Hall–Kier alpha value is -1.10. The molecule has 0 aromatic heterocycles. The Kier molecular flexibility index (Phi) is 3.04. The van der Waals surface area contributed by atoms with Crippen LogP contribution in [0.1, 0.15) is 12.8 Å². The molecule has 1 aliphatic rings. The molecule has 5 nitrogen and oxygen atoms in total. The van der Waals surface area contributed by atoms with E-state index in [1.54, 1.807) is 0 Å². The minimum absolute atomic E-state index is 0.000661. The van der Waals surface area contributed by atoms with Crippen LogP contribution >= 0.6 is 0 Å². The Morgan fingerprint density at radius 1 is 1.75 bits per heavy atom. The minimum Gasteiger partial charge on any atom is -0.353 e. The molecule has 12 heavy (non-hydrogen) atoms. The van der Waals surface area contributed by atoms with Gasteiger partial charge in [-0.3, -0.25) is 9.59 Å². The smallest absolute Gasteiger partial charge is 0.233 e. The summed E-state index contributed by atoms with van der Waals surface area (Å²) in [5.74, 6) is -0.127. The molecular weight excluding hydrogens is 158 g/mol. The van der Waals surface area contributed by atoms with E-state index in [2.05, 4.69) is 10.6 Å². The molecule has 1 saturated heterocycles. The third-order valence-electron chi connectivity index (χ3n) is 1.82. The molecule has 1 atom stereocenters. The molecule has 0 aliphatic carbocycles. The predicted octanol–water partition coefficient (Wildman–Crippen LogP) is -1.66. The molecule has 68 valence electrons. The molecule has 0 spiro atoms. The van der Waals surface area contributed by atoms with Crippen molar-refractivity contribution in [3.63, 3.8) is 0 Å². The summed E-state index contributed by atoms with van der Waals surface area (Å²) in [4.78, 5) is 21.4. The molecule has 0 radical (unpaired) electrons. The lowest BCUT2D eigenvalue weighted by Crippen LogP contribution is -2.40. The highest BCUT2D eigenvalue weighted by atomic mass is 16.2. The fraction of sp³-hybridized carbons (Fsp3) is 0.714. The van der Waals surface area contributed by atoms with Crippen LogP contribution < -0.4 is 16.4 Å². The maximum atomic E-state index is 10.7. The Bertz CT molecular complexity index is 193. The highest BCUT2D eigenvalue weighted by molar-refractivity contribution is 5.79. The van der Waals surface area contributed by atoms with Gasteiger partial charge in [0.2, 0.25) is 11.8 Å². The van der Waals surface area contributed by atoms with E-state index in [4.69, 9.17) is 5.73 Å². The maximum absolute atomic E-state index is 10.7. The highest BCUT2D eigenvalue weighted by Gasteiger charge is 2.20. The second-order valence-corrected chi connectivity index (χ2v) is 2.81. The van der Waals surface area contributed by atoms with Crippen LogP contribution in [0.15, 0.2) is 0 Å². The van der Waals surface area contributed by atoms with Crippen LogP contribution in [0.3, 0.4) is 0 Å². The number of hydrogen-bond donors (Lipinski definition) is 3. The van der Waals surface area contributed by atoms with Crippen LogP contribution in [0.5, 0.6) is 0 Å². The predicted molar refractivity (Wildman–Crippen MR) is 43.2 cm³/mol. The van der Waals surface area contributed by atoms with Gasteiger partial charge in [-0.1, -0.05) is 0 Å². The first-order chi connectivity index (χ1) is 5.72. The van der Waals surface area contributed by atoms with Gasteiger partial charge in [0.25, 0.3) is 0 Å². The molecule has 1 aliphatic heterocycles. The van der Waals surface area contributed by atoms with Crippen molar-refractivity contribution in [3.05, 3.63) is 0 Å². The van der Waals surface area contributed by atoms with Gasteiger partial charge in [0.05, 0.1) is 6.54 Å². The second kappa shape index (κ2) is 4.06. The van der Waals surface area contributed by atoms with Crippen molar-refractivity contribution < 1.29 is 9.59 Å². The largest absolute Gasteiger partial charge is 0.353 e. The molecule has 1 heterocycles. The molecule has 0 aromatic carbocycles. The molecule has 0 bridgehead atoms. The third-order valence-corrected chi connectivity index (χ3v) is 1.82. The summed E-state index contributed by atoms with van der Waals surface area (Å²) in [6, 6.07) is 0.0907. The zero-order valence-corrected chi connectivity index (χ0v) is 6.80. The molecule has 0 saturated carbocycles. The van der Waals surface area contributed by atoms with E-state index in [-0.39, 0.29) is 24.4 Å². The monoisotopic (exact) mass is 171 g/mol. The SMILES string of the molecule is NCC(=O)NCC1CCC(=O)N1. The lowest BCUT2D eigenvalue weighted by Gasteiger charge is -2.09. The van der Waals surface area contributed by atoms with Gasteiger partial charge in [0.15, 0.2) is 0 Å². The summed E-state index contributed by atoms with van der Waals surface area (Å²) in [7, 11) is 0. The Morgan fingerprint density at radius 2 is 2.50 bits per heavy atom. The van der Waals surface area contributed by atoms with Crippen LogP contribution in [0.2, 0.25) is 0 Å². The second-order valence-electron chi connectivity index (χ2n) is 2.81. The van der Waals surface area contributed by atoms with Crippen molar-refractivity contribution in [3.8, 4) is 0 Å². The van der Waals surface area contributed by atoms with Gasteiger partial charge in [-0.15, -0.1) is 0 Å². The van der Waals surface area contributed by atoms with Gasteiger partial charge in [-0.25, -0.2) is 0 Å². The lowest BCUT2D eigenvalue weighted by atomic mass is 10.2. The molecule has 2 amide bonds. The fourth-order valence-corrected chi connectivity index (χ4v) is 1.14. The van der Waals surface area contributed by atoms with E-state index in [0.29, 0.717) is 13.0 Å². The van der Waals surface area contributed by atoms with Gasteiger partial charge in [-0.2, -0.15) is 0 Å². The van der Waals surface area contributed by atoms with Gasteiger partial charge in [0.1, 0.15) is 0 Å². The number of amides is 2. The van der Waals surface area contributed by atoms with Crippen molar-refractivity contribution >= 4 is 11.8 Å². The summed E-state index contributed by atoms with van der Waals surface area (Å²) < 4.78 is 0. The van der Waals surface area contributed by atoms with Crippen molar-refractivity contribution in [2.24, 2.45) is 5.73 Å². The number of hydrogen-bond acceptors (Lipinski definition) is 3. The number of carbonyl (C=O) groups is 2. The van der Waals surface area contributed by atoms with Gasteiger partial charge < -0.3 is 16.4 Å². The van der Waals surface area contributed by atoms with E-state index in [9.17, 15) is 9.59 Å². The average molecular weight is 171 g/mol. The maximum Gasteiger partial charge on any atom is 0.233 e. The topological polar surface area (TPSA) is 84.2 Å². The first-order valence-electron chi connectivity index (χ1n) is 3.98. The fourth-order valence-electron chi connectivity index (χ4n) is 1.14. The van der Waals surface area contributed by atoms with Crippen LogP contribution in [-0.2, 0) is 9.59 Å². The number of carbonyl (C=O) groups excluding carboxylic acids is 2. The van der Waals surface area contributed by atoms with Crippen molar-refractivity contribution in [1.82, 2.24) is 10.6 Å². The zero-order chi connectivity index (χ0) is 8.97. The first-order valence-corrected chi connectivity index (χ1v) is 3.98. The highest BCUT2D eigenvalue weighted by Crippen LogP contribution is 2.04. The number of nitrogens with two attached hydrogens (primary N) is 1.